The van der Waals surface area contributed by atoms with Crippen LogP contribution in [0.3, 0.4) is 0 Å². The van der Waals surface area contributed by atoms with E-state index in [2.05, 4.69) is 15.6 Å². The number of aliphatic hydroxyl groups is 1. The molecule has 0 aliphatic carbocycles. The number of nitrogens with one attached hydrogen (secondary N) is 2. The Morgan fingerprint density at radius 1 is 1.68 bits per heavy atom. The Hall–Kier alpha value is -1.28. The molecule has 1 saturated heterocycles. The van der Waals surface area contributed by atoms with Gasteiger partial charge >= 0.3 is 0 Å². The van der Waals surface area contributed by atoms with Crippen LogP contribution in [0.2, 0.25) is 5.02 Å². The molecule has 122 valence electrons. The van der Waals surface area contributed by atoms with E-state index in [9.17, 15) is 9.18 Å². The van der Waals surface area contributed by atoms with E-state index in [-0.39, 0.29) is 30.2 Å². The summed E-state index contributed by atoms with van der Waals surface area (Å²) in [5.74, 6) is -0.859. The van der Waals surface area contributed by atoms with Gasteiger partial charge in [-0.05, 0) is 19.9 Å². The number of halogens is 2. The monoisotopic (exact) mass is 331 g/mol. The zero-order valence-corrected chi connectivity index (χ0v) is 13.2. The van der Waals surface area contributed by atoms with Crippen molar-refractivity contribution in [3.8, 4) is 0 Å². The highest BCUT2D eigenvalue weighted by atomic mass is 35.5. The fourth-order valence-electron chi connectivity index (χ4n) is 2.23. The number of amides is 1. The van der Waals surface area contributed by atoms with Crippen molar-refractivity contribution in [1.82, 2.24) is 15.6 Å². The second-order valence-electron chi connectivity index (χ2n) is 5.71. The normalized spacial score (nSPS) is 22.4. The van der Waals surface area contributed by atoms with Crippen molar-refractivity contribution in [2.75, 3.05) is 19.8 Å². The first-order valence-corrected chi connectivity index (χ1v) is 7.30. The fourth-order valence-corrected chi connectivity index (χ4v) is 2.62. The zero-order valence-electron chi connectivity index (χ0n) is 12.4. The fraction of sp³-hybridized carbons (Fsp3) is 0.571. The minimum absolute atomic E-state index is 0.0467. The van der Waals surface area contributed by atoms with Crippen LogP contribution in [0.25, 0.3) is 0 Å². The van der Waals surface area contributed by atoms with Crippen LogP contribution in [0, 0.1) is 5.82 Å². The molecule has 1 aliphatic rings. The molecule has 1 aromatic rings. The molecule has 1 amide bonds. The van der Waals surface area contributed by atoms with Gasteiger partial charge in [0.05, 0.1) is 41.7 Å². The van der Waals surface area contributed by atoms with Crippen molar-refractivity contribution in [2.45, 2.75) is 31.5 Å². The first kappa shape index (κ1) is 17.1. The SMILES string of the molecule is CC(C)(NC(=O)[C@@H]1CN[C@H](CO)CO1)c1ncc(F)cc1Cl. The minimum Gasteiger partial charge on any atom is -0.395 e. The van der Waals surface area contributed by atoms with Gasteiger partial charge in [0.25, 0.3) is 5.91 Å². The van der Waals surface area contributed by atoms with Crippen molar-refractivity contribution in [3.05, 3.63) is 28.8 Å². The molecule has 0 spiro atoms. The van der Waals surface area contributed by atoms with Crippen LogP contribution in [0.15, 0.2) is 12.3 Å². The van der Waals surface area contributed by atoms with Gasteiger partial charge in [-0.2, -0.15) is 0 Å². The standard InChI is InChI=1S/C14H19ClFN3O3/c1-14(2,12-10(15)3-8(16)4-18-12)19-13(21)11-5-17-9(6-20)7-22-11/h3-4,9,11,17,20H,5-7H2,1-2H3,(H,19,21)/t9-,11+/m1/s1. The Bertz CT molecular complexity index is 548. The molecule has 22 heavy (non-hydrogen) atoms. The lowest BCUT2D eigenvalue weighted by atomic mass is 9.99. The van der Waals surface area contributed by atoms with E-state index < -0.39 is 17.5 Å². The first-order chi connectivity index (χ1) is 10.3. The third-order valence-electron chi connectivity index (χ3n) is 3.44. The Kier molecular flexibility index (Phi) is 5.33. The number of nitrogens with zero attached hydrogens (tertiary/aromatic N) is 1. The van der Waals surface area contributed by atoms with E-state index in [1.807, 2.05) is 0 Å². The highest BCUT2D eigenvalue weighted by molar-refractivity contribution is 6.31. The molecule has 0 bridgehead atoms. The second-order valence-corrected chi connectivity index (χ2v) is 6.12. The number of pyridine rings is 1. The summed E-state index contributed by atoms with van der Waals surface area (Å²) in [5.41, 5.74) is -0.500. The lowest BCUT2D eigenvalue weighted by Crippen LogP contribution is -2.56. The maximum atomic E-state index is 13.1. The molecule has 1 aliphatic heterocycles. The highest BCUT2D eigenvalue weighted by Gasteiger charge is 2.32. The van der Waals surface area contributed by atoms with Crippen molar-refractivity contribution in [2.24, 2.45) is 0 Å². The molecular formula is C14H19ClFN3O3. The van der Waals surface area contributed by atoms with Gasteiger partial charge in [0.1, 0.15) is 11.9 Å². The number of rotatable bonds is 4. The smallest absolute Gasteiger partial charge is 0.251 e. The quantitative estimate of drug-likeness (QED) is 0.751. The van der Waals surface area contributed by atoms with Gasteiger partial charge in [0, 0.05) is 6.54 Å². The molecular weight excluding hydrogens is 313 g/mol. The summed E-state index contributed by atoms with van der Waals surface area (Å²) >= 11 is 6.00. The Labute approximate surface area is 133 Å². The molecule has 2 atom stereocenters. The number of aliphatic hydroxyl groups excluding tert-OH is 1. The first-order valence-electron chi connectivity index (χ1n) is 6.93. The van der Waals surface area contributed by atoms with Crippen molar-refractivity contribution in [1.29, 1.82) is 0 Å². The summed E-state index contributed by atoms with van der Waals surface area (Å²) in [7, 11) is 0. The van der Waals surface area contributed by atoms with Crippen LogP contribution < -0.4 is 10.6 Å². The molecule has 2 heterocycles. The molecule has 8 heteroatoms. The van der Waals surface area contributed by atoms with Crippen molar-refractivity contribution < 1.29 is 19.0 Å². The molecule has 6 nitrogen and oxygen atoms in total. The van der Waals surface area contributed by atoms with Crippen LogP contribution in [-0.4, -0.2) is 47.9 Å². The number of carbonyl (C=O) groups excluding carboxylic acids is 1. The van der Waals surface area contributed by atoms with Gasteiger partial charge in [0.2, 0.25) is 0 Å². The van der Waals surface area contributed by atoms with Gasteiger partial charge < -0.3 is 20.5 Å². The van der Waals surface area contributed by atoms with Crippen LogP contribution >= 0.6 is 11.6 Å². The number of ether oxygens (including phenoxy) is 1. The predicted molar refractivity (Wildman–Crippen MR) is 79.0 cm³/mol. The Morgan fingerprint density at radius 3 is 2.95 bits per heavy atom. The largest absolute Gasteiger partial charge is 0.395 e. The number of carbonyl (C=O) groups is 1. The van der Waals surface area contributed by atoms with E-state index in [0.29, 0.717) is 12.2 Å². The van der Waals surface area contributed by atoms with E-state index in [1.165, 1.54) is 0 Å². The van der Waals surface area contributed by atoms with Gasteiger partial charge in [-0.3, -0.25) is 9.78 Å². The molecule has 0 aromatic carbocycles. The lowest BCUT2D eigenvalue weighted by molar-refractivity contribution is -0.138. The lowest BCUT2D eigenvalue weighted by Gasteiger charge is -2.32. The summed E-state index contributed by atoms with van der Waals surface area (Å²) in [6.07, 6.45) is 0.390. The third-order valence-corrected chi connectivity index (χ3v) is 3.73. The molecule has 1 fully saturated rings. The molecule has 0 radical (unpaired) electrons. The molecule has 3 N–H and O–H groups in total. The average Bonchev–Trinajstić information content (AvgIpc) is 2.46. The second kappa shape index (κ2) is 6.87. The molecule has 1 aromatic heterocycles. The summed E-state index contributed by atoms with van der Waals surface area (Å²) in [6, 6.07) is 0.993. The molecule has 0 saturated carbocycles. The topological polar surface area (TPSA) is 83.5 Å². The van der Waals surface area contributed by atoms with Crippen molar-refractivity contribution in [3.63, 3.8) is 0 Å². The van der Waals surface area contributed by atoms with Gasteiger partial charge in [-0.1, -0.05) is 11.6 Å². The average molecular weight is 332 g/mol. The summed E-state index contributed by atoms with van der Waals surface area (Å²) in [5, 5.41) is 15.0. The van der Waals surface area contributed by atoms with Crippen LogP contribution in [0.5, 0.6) is 0 Å². The zero-order chi connectivity index (χ0) is 16.3. The van der Waals surface area contributed by atoms with Crippen LogP contribution in [-0.2, 0) is 15.1 Å². The predicted octanol–water partition coefficient (Wildman–Crippen LogP) is 0.575. The van der Waals surface area contributed by atoms with Crippen molar-refractivity contribution >= 4 is 17.5 Å². The summed E-state index contributed by atoms with van der Waals surface area (Å²) < 4.78 is 18.5. The number of morpholine rings is 1. The van der Waals surface area contributed by atoms with Crippen LogP contribution in [0.4, 0.5) is 4.39 Å². The molecule has 0 unspecified atom stereocenters. The van der Waals surface area contributed by atoms with Gasteiger partial charge in [-0.25, -0.2) is 4.39 Å². The Morgan fingerprint density at radius 2 is 2.41 bits per heavy atom. The van der Waals surface area contributed by atoms with E-state index >= 15 is 0 Å². The maximum absolute atomic E-state index is 13.1. The Balaban J connectivity index is 2.03. The number of hydrogen-bond donors (Lipinski definition) is 3. The number of aromatic nitrogens is 1. The highest BCUT2D eigenvalue weighted by Crippen LogP contribution is 2.26. The van der Waals surface area contributed by atoms with Crippen LogP contribution in [0.1, 0.15) is 19.5 Å². The van der Waals surface area contributed by atoms with Gasteiger partial charge in [0.15, 0.2) is 0 Å². The number of hydrogen-bond acceptors (Lipinski definition) is 5. The molecule has 2 rings (SSSR count). The minimum atomic E-state index is -0.876. The van der Waals surface area contributed by atoms with Gasteiger partial charge in [-0.15, -0.1) is 0 Å². The van der Waals surface area contributed by atoms with E-state index in [1.54, 1.807) is 13.8 Å². The summed E-state index contributed by atoms with van der Waals surface area (Å²) in [6.45, 7) is 3.96. The summed E-state index contributed by atoms with van der Waals surface area (Å²) in [4.78, 5) is 16.2. The third kappa shape index (κ3) is 3.92. The van der Waals surface area contributed by atoms with E-state index in [0.717, 1.165) is 12.3 Å². The van der Waals surface area contributed by atoms with E-state index in [4.69, 9.17) is 21.4 Å². The maximum Gasteiger partial charge on any atom is 0.251 e.